The van der Waals surface area contributed by atoms with Gasteiger partial charge in [0.2, 0.25) is 0 Å². The summed E-state index contributed by atoms with van der Waals surface area (Å²) in [6, 6.07) is 20.5. The van der Waals surface area contributed by atoms with Crippen molar-refractivity contribution in [1.82, 2.24) is 0 Å². The van der Waals surface area contributed by atoms with Crippen LogP contribution in [0.2, 0.25) is 0 Å². The topological polar surface area (TPSA) is 89.3 Å². The second-order valence-corrected chi connectivity index (χ2v) is 6.11. The van der Waals surface area contributed by atoms with E-state index in [9.17, 15) is 9.59 Å². The van der Waals surface area contributed by atoms with Crippen LogP contribution in [0.5, 0.6) is 5.75 Å². The lowest BCUT2D eigenvalue weighted by atomic mass is 10.1. The molecule has 0 aliphatic heterocycles. The summed E-state index contributed by atoms with van der Waals surface area (Å²) in [6.45, 7) is 1.90. The Balaban J connectivity index is 1.59. The molecule has 0 aliphatic rings. The summed E-state index contributed by atoms with van der Waals surface area (Å²) in [5.41, 5.74) is 5.37. The predicted molar refractivity (Wildman–Crippen MR) is 108 cm³/mol. The first kappa shape index (κ1) is 19.8. The normalized spacial score (nSPS) is 10.6. The Morgan fingerprint density at radius 2 is 1.69 bits per heavy atom. The zero-order chi connectivity index (χ0) is 20.6. The minimum Gasteiger partial charge on any atom is -0.496 e. The van der Waals surface area contributed by atoms with Gasteiger partial charge in [-0.1, -0.05) is 29.8 Å². The molecule has 146 valence electrons. The van der Waals surface area contributed by atoms with Gasteiger partial charge in [-0.05, 0) is 55.5 Å². The van der Waals surface area contributed by atoms with Crippen LogP contribution >= 0.6 is 0 Å². The maximum Gasteiger partial charge on any atom is 0.366 e. The quantitative estimate of drug-likeness (QED) is 0.467. The van der Waals surface area contributed by atoms with Gasteiger partial charge in [0, 0.05) is 5.56 Å². The molecule has 3 aromatic carbocycles. The summed E-state index contributed by atoms with van der Waals surface area (Å²) in [7, 11) is 1.48. The Kier molecular flexibility index (Phi) is 6.32. The van der Waals surface area contributed by atoms with Crippen molar-refractivity contribution in [3.63, 3.8) is 0 Å². The van der Waals surface area contributed by atoms with Crippen molar-refractivity contribution in [3.05, 3.63) is 89.5 Å². The molecule has 3 rings (SSSR count). The molecule has 1 amide bonds. The molecule has 0 spiro atoms. The molecule has 1 N–H and O–H groups in total. The van der Waals surface area contributed by atoms with Crippen molar-refractivity contribution in [1.29, 1.82) is 0 Å². The second kappa shape index (κ2) is 9.27. The van der Waals surface area contributed by atoms with Crippen molar-refractivity contribution < 1.29 is 19.2 Å². The van der Waals surface area contributed by atoms with E-state index >= 15 is 0 Å². The van der Waals surface area contributed by atoms with Gasteiger partial charge < -0.3 is 9.57 Å². The predicted octanol–water partition coefficient (Wildman–Crippen LogP) is 5.11. The Morgan fingerprint density at radius 1 is 0.931 bits per heavy atom. The highest BCUT2D eigenvalue weighted by Gasteiger charge is 2.13. The van der Waals surface area contributed by atoms with Gasteiger partial charge in [-0.25, -0.2) is 10.3 Å². The van der Waals surface area contributed by atoms with Crippen molar-refractivity contribution in [3.8, 4) is 5.75 Å². The zero-order valence-electron chi connectivity index (χ0n) is 16.0. The number of carbonyl (C=O) groups is 2. The molecule has 3 aromatic rings. The average Bonchev–Trinajstić information content (AvgIpc) is 2.76. The number of ether oxygens (including phenoxy) is 1. The summed E-state index contributed by atoms with van der Waals surface area (Å²) in [5, 5.41) is 7.68. The Morgan fingerprint density at radius 3 is 2.41 bits per heavy atom. The minimum atomic E-state index is -0.574. The highest BCUT2D eigenvalue weighted by Crippen LogP contribution is 2.20. The van der Waals surface area contributed by atoms with Gasteiger partial charge in [-0.15, -0.1) is 10.2 Å². The van der Waals surface area contributed by atoms with Gasteiger partial charge >= 0.3 is 5.97 Å². The van der Waals surface area contributed by atoms with Crippen LogP contribution in [-0.4, -0.2) is 19.0 Å². The number of anilines is 1. The number of azo groups is 1. The van der Waals surface area contributed by atoms with E-state index < -0.39 is 11.9 Å². The Hall–Kier alpha value is -4.00. The molecule has 0 aliphatic carbocycles. The van der Waals surface area contributed by atoms with E-state index in [0.29, 0.717) is 28.3 Å². The van der Waals surface area contributed by atoms with Crippen LogP contribution in [0.3, 0.4) is 0 Å². The van der Waals surface area contributed by atoms with Crippen LogP contribution in [-0.2, 0) is 4.84 Å². The van der Waals surface area contributed by atoms with Gasteiger partial charge in [-0.2, -0.15) is 0 Å². The zero-order valence-corrected chi connectivity index (χ0v) is 16.0. The number of benzene rings is 3. The molecule has 29 heavy (non-hydrogen) atoms. The SMILES string of the molecule is COc1ccccc1C(=O)ONc1ccc(N=NC(=O)c2cccc(C)c2)cc1. The molecule has 7 nitrogen and oxygen atoms in total. The van der Waals surface area contributed by atoms with Gasteiger partial charge in [0.1, 0.15) is 11.3 Å². The standard InChI is InChI=1S/C22H19N3O4/c1-15-6-5-7-16(14-15)21(26)24-23-17-10-12-18(13-11-17)25-29-22(27)19-8-3-4-9-20(19)28-2/h3-14,25H,1-2H3. The number of amides is 1. The van der Waals surface area contributed by atoms with E-state index in [1.807, 2.05) is 13.0 Å². The Bertz CT molecular complexity index is 1050. The lowest BCUT2D eigenvalue weighted by Gasteiger charge is -2.09. The molecule has 0 bridgehead atoms. The molecule has 0 heterocycles. The summed E-state index contributed by atoms with van der Waals surface area (Å²) >= 11 is 0. The molecule has 0 atom stereocenters. The van der Waals surface area contributed by atoms with Crippen LogP contribution in [0.15, 0.2) is 83.0 Å². The Labute approximate surface area is 168 Å². The number of nitrogens with one attached hydrogen (secondary N) is 1. The molecule has 0 radical (unpaired) electrons. The number of rotatable bonds is 6. The van der Waals surface area contributed by atoms with Crippen molar-refractivity contribution >= 4 is 23.3 Å². The van der Waals surface area contributed by atoms with Crippen LogP contribution in [0.4, 0.5) is 11.4 Å². The summed E-state index contributed by atoms with van der Waals surface area (Å²) < 4.78 is 5.14. The van der Waals surface area contributed by atoms with Crippen LogP contribution in [0.1, 0.15) is 26.3 Å². The lowest BCUT2D eigenvalue weighted by Crippen LogP contribution is -2.11. The van der Waals surface area contributed by atoms with Crippen LogP contribution in [0, 0.1) is 6.92 Å². The molecule has 0 aromatic heterocycles. The largest absolute Gasteiger partial charge is 0.496 e. The van der Waals surface area contributed by atoms with E-state index in [2.05, 4.69) is 15.7 Å². The number of nitrogens with zero attached hydrogens (tertiary/aromatic N) is 2. The van der Waals surface area contributed by atoms with E-state index in [1.165, 1.54) is 7.11 Å². The number of aryl methyl sites for hydroxylation is 1. The van der Waals surface area contributed by atoms with E-state index in [0.717, 1.165) is 5.56 Å². The second-order valence-electron chi connectivity index (χ2n) is 6.11. The third-order valence-corrected chi connectivity index (χ3v) is 3.98. The fourth-order valence-corrected chi connectivity index (χ4v) is 2.51. The van der Waals surface area contributed by atoms with Gasteiger partial charge in [0.25, 0.3) is 5.91 Å². The maximum atomic E-state index is 12.2. The number of para-hydroxylation sites is 1. The van der Waals surface area contributed by atoms with Crippen LogP contribution in [0.25, 0.3) is 0 Å². The fraction of sp³-hybridized carbons (Fsp3) is 0.0909. The molecular weight excluding hydrogens is 370 g/mol. The molecule has 0 unspecified atom stereocenters. The molecule has 0 fully saturated rings. The van der Waals surface area contributed by atoms with Gasteiger partial charge in [0.15, 0.2) is 0 Å². The van der Waals surface area contributed by atoms with E-state index in [4.69, 9.17) is 9.57 Å². The summed E-state index contributed by atoms with van der Waals surface area (Å²) in [6.07, 6.45) is 0. The monoisotopic (exact) mass is 389 g/mol. The van der Waals surface area contributed by atoms with Crippen molar-refractivity contribution in [2.45, 2.75) is 6.92 Å². The lowest BCUT2D eigenvalue weighted by molar-refractivity contribution is 0.0592. The number of methoxy groups -OCH3 is 1. The van der Waals surface area contributed by atoms with Gasteiger partial charge in [-0.3, -0.25) is 4.79 Å². The first-order valence-electron chi connectivity index (χ1n) is 8.80. The van der Waals surface area contributed by atoms with Crippen molar-refractivity contribution in [2.75, 3.05) is 12.6 Å². The maximum absolute atomic E-state index is 12.2. The minimum absolute atomic E-state index is 0.308. The molecular formula is C22H19N3O4. The third-order valence-electron chi connectivity index (χ3n) is 3.98. The van der Waals surface area contributed by atoms with Gasteiger partial charge in [0.05, 0.1) is 18.5 Å². The molecule has 0 saturated carbocycles. The fourth-order valence-electron chi connectivity index (χ4n) is 2.51. The average molecular weight is 389 g/mol. The summed E-state index contributed by atoms with van der Waals surface area (Å²) in [5.74, 6) is -0.565. The molecule has 0 saturated heterocycles. The highest BCUT2D eigenvalue weighted by molar-refractivity contribution is 5.95. The van der Waals surface area contributed by atoms with E-state index in [-0.39, 0.29) is 0 Å². The molecule has 7 heteroatoms. The number of hydrogen-bond donors (Lipinski definition) is 1. The number of carbonyl (C=O) groups excluding carboxylic acids is 2. The smallest absolute Gasteiger partial charge is 0.366 e. The third kappa shape index (κ3) is 5.26. The van der Waals surface area contributed by atoms with E-state index in [1.54, 1.807) is 66.7 Å². The summed E-state index contributed by atoms with van der Waals surface area (Å²) in [4.78, 5) is 29.3. The van der Waals surface area contributed by atoms with Crippen LogP contribution < -0.4 is 10.2 Å². The number of hydrogen-bond acceptors (Lipinski definition) is 6. The highest BCUT2D eigenvalue weighted by atomic mass is 16.7. The first-order valence-corrected chi connectivity index (χ1v) is 8.80. The first-order chi connectivity index (χ1) is 14.1. The van der Waals surface area contributed by atoms with Crippen molar-refractivity contribution in [2.24, 2.45) is 10.2 Å².